The molecule has 1 aliphatic rings. The van der Waals surface area contributed by atoms with E-state index in [9.17, 15) is 4.79 Å². The van der Waals surface area contributed by atoms with Crippen LogP contribution in [0.5, 0.6) is 0 Å². The van der Waals surface area contributed by atoms with Crippen molar-refractivity contribution in [2.45, 2.75) is 39.3 Å². The SMILES string of the molecule is Cc1ncc(CNC(=O)C2NCCCC2C)s1. The lowest BCUT2D eigenvalue weighted by molar-refractivity contribution is -0.125. The molecule has 0 aliphatic carbocycles. The highest BCUT2D eigenvalue weighted by Crippen LogP contribution is 2.16. The summed E-state index contributed by atoms with van der Waals surface area (Å²) in [5, 5.41) is 7.31. The second-order valence-corrected chi connectivity index (χ2v) is 5.93. The van der Waals surface area contributed by atoms with Crippen LogP contribution in [0.4, 0.5) is 0 Å². The molecule has 2 rings (SSSR count). The molecule has 2 heterocycles. The van der Waals surface area contributed by atoms with Gasteiger partial charge in [-0.05, 0) is 32.2 Å². The summed E-state index contributed by atoms with van der Waals surface area (Å²) >= 11 is 1.63. The Labute approximate surface area is 106 Å². The Morgan fingerprint density at radius 3 is 3.18 bits per heavy atom. The van der Waals surface area contributed by atoms with Gasteiger partial charge in [-0.2, -0.15) is 0 Å². The Morgan fingerprint density at radius 2 is 2.53 bits per heavy atom. The van der Waals surface area contributed by atoms with Crippen LogP contribution in [0.3, 0.4) is 0 Å². The topological polar surface area (TPSA) is 54.0 Å². The highest BCUT2D eigenvalue weighted by molar-refractivity contribution is 7.11. The smallest absolute Gasteiger partial charge is 0.237 e. The van der Waals surface area contributed by atoms with E-state index in [0.29, 0.717) is 12.5 Å². The van der Waals surface area contributed by atoms with Gasteiger partial charge in [-0.25, -0.2) is 4.98 Å². The molecular weight excluding hydrogens is 234 g/mol. The summed E-state index contributed by atoms with van der Waals surface area (Å²) in [5.41, 5.74) is 0. The van der Waals surface area contributed by atoms with E-state index in [1.165, 1.54) is 6.42 Å². The Kier molecular flexibility index (Phi) is 4.12. The van der Waals surface area contributed by atoms with Gasteiger partial charge in [0.25, 0.3) is 0 Å². The van der Waals surface area contributed by atoms with E-state index in [2.05, 4.69) is 22.5 Å². The Balaban J connectivity index is 1.84. The molecule has 2 N–H and O–H groups in total. The van der Waals surface area contributed by atoms with Crippen LogP contribution in [0.1, 0.15) is 29.7 Å². The molecular formula is C12H19N3OS. The van der Waals surface area contributed by atoms with E-state index < -0.39 is 0 Å². The maximum Gasteiger partial charge on any atom is 0.237 e. The van der Waals surface area contributed by atoms with Crippen LogP contribution in [0, 0.1) is 12.8 Å². The van der Waals surface area contributed by atoms with Gasteiger partial charge in [-0.15, -0.1) is 11.3 Å². The third-order valence-corrected chi connectivity index (χ3v) is 4.07. The molecule has 1 amide bonds. The second-order valence-electron chi connectivity index (χ2n) is 4.61. The molecule has 0 aromatic carbocycles. The minimum absolute atomic E-state index is 0.0298. The van der Waals surface area contributed by atoms with Crippen LogP contribution in [0.15, 0.2) is 6.20 Å². The van der Waals surface area contributed by atoms with Gasteiger partial charge in [0.05, 0.1) is 17.6 Å². The van der Waals surface area contributed by atoms with Crippen LogP contribution in [-0.2, 0) is 11.3 Å². The number of carbonyl (C=O) groups is 1. The first kappa shape index (κ1) is 12.5. The molecule has 0 radical (unpaired) electrons. The van der Waals surface area contributed by atoms with E-state index in [1.54, 1.807) is 11.3 Å². The van der Waals surface area contributed by atoms with Gasteiger partial charge in [0, 0.05) is 11.1 Å². The van der Waals surface area contributed by atoms with Crippen molar-refractivity contribution < 1.29 is 4.79 Å². The lowest BCUT2D eigenvalue weighted by Crippen LogP contribution is -2.50. The predicted octanol–water partition coefficient (Wildman–Crippen LogP) is 1.46. The van der Waals surface area contributed by atoms with Gasteiger partial charge in [0.15, 0.2) is 0 Å². The number of aryl methyl sites for hydroxylation is 1. The predicted molar refractivity (Wildman–Crippen MR) is 68.9 cm³/mol. The molecule has 17 heavy (non-hydrogen) atoms. The molecule has 2 atom stereocenters. The minimum Gasteiger partial charge on any atom is -0.350 e. The van der Waals surface area contributed by atoms with E-state index in [-0.39, 0.29) is 11.9 Å². The van der Waals surface area contributed by atoms with E-state index in [0.717, 1.165) is 22.9 Å². The third kappa shape index (κ3) is 3.26. The fourth-order valence-corrected chi connectivity index (χ4v) is 2.91. The lowest BCUT2D eigenvalue weighted by Gasteiger charge is -2.28. The zero-order valence-corrected chi connectivity index (χ0v) is 11.1. The molecule has 4 nitrogen and oxygen atoms in total. The largest absolute Gasteiger partial charge is 0.350 e. The average molecular weight is 253 g/mol. The zero-order valence-electron chi connectivity index (χ0n) is 10.3. The van der Waals surface area contributed by atoms with E-state index in [4.69, 9.17) is 0 Å². The van der Waals surface area contributed by atoms with Crippen molar-refractivity contribution in [2.75, 3.05) is 6.54 Å². The summed E-state index contributed by atoms with van der Waals surface area (Å²) in [6, 6.07) is -0.0298. The molecule has 0 saturated carbocycles. The molecule has 1 saturated heterocycles. The Bertz CT molecular complexity index is 391. The Hall–Kier alpha value is -0.940. The van der Waals surface area contributed by atoms with Gasteiger partial charge in [0.1, 0.15) is 0 Å². The summed E-state index contributed by atoms with van der Waals surface area (Å²) in [6.45, 7) is 5.64. The van der Waals surface area contributed by atoms with Crippen LogP contribution < -0.4 is 10.6 Å². The number of rotatable bonds is 3. The maximum atomic E-state index is 12.0. The second kappa shape index (κ2) is 5.60. The van der Waals surface area contributed by atoms with Crippen LogP contribution >= 0.6 is 11.3 Å². The van der Waals surface area contributed by atoms with Gasteiger partial charge >= 0.3 is 0 Å². The fraction of sp³-hybridized carbons (Fsp3) is 0.667. The average Bonchev–Trinajstić information content (AvgIpc) is 2.73. The van der Waals surface area contributed by atoms with Crippen LogP contribution in [0.2, 0.25) is 0 Å². The van der Waals surface area contributed by atoms with Crippen molar-refractivity contribution in [3.8, 4) is 0 Å². The zero-order chi connectivity index (χ0) is 12.3. The van der Waals surface area contributed by atoms with Crippen LogP contribution in [0.25, 0.3) is 0 Å². The first-order chi connectivity index (χ1) is 8.16. The third-order valence-electron chi connectivity index (χ3n) is 3.16. The summed E-state index contributed by atoms with van der Waals surface area (Å²) in [6.07, 6.45) is 4.13. The number of nitrogens with zero attached hydrogens (tertiary/aromatic N) is 1. The van der Waals surface area contributed by atoms with E-state index >= 15 is 0 Å². The van der Waals surface area contributed by atoms with Crippen molar-refractivity contribution in [2.24, 2.45) is 5.92 Å². The molecule has 0 spiro atoms. The monoisotopic (exact) mass is 253 g/mol. The molecule has 94 valence electrons. The first-order valence-electron chi connectivity index (χ1n) is 6.09. The number of piperidine rings is 1. The van der Waals surface area contributed by atoms with Crippen molar-refractivity contribution in [3.05, 3.63) is 16.1 Å². The standard InChI is InChI=1S/C12H19N3OS/c1-8-4-3-5-13-11(8)12(16)15-7-10-6-14-9(2)17-10/h6,8,11,13H,3-5,7H2,1-2H3,(H,15,16). The summed E-state index contributed by atoms with van der Waals surface area (Å²) in [7, 11) is 0. The van der Waals surface area contributed by atoms with Crippen molar-refractivity contribution in [1.82, 2.24) is 15.6 Å². The molecule has 2 unspecified atom stereocenters. The van der Waals surface area contributed by atoms with Crippen LogP contribution in [-0.4, -0.2) is 23.5 Å². The van der Waals surface area contributed by atoms with Crippen molar-refractivity contribution in [1.29, 1.82) is 0 Å². The first-order valence-corrected chi connectivity index (χ1v) is 6.91. The minimum atomic E-state index is -0.0298. The lowest BCUT2D eigenvalue weighted by atomic mass is 9.92. The fourth-order valence-electron chi connectivity index (χ4n) is 2.17. The van der Waals surface area contributed by atoms with Gasteiger partial charge in [-0.1, -0.05) is 6.92 Å². The number of hydrogen-bond acceptors (Lipinski definition) is 4. The van der Waals surface area contributed by atoms with Crippen molar-refractivity contribution in [3.63, 3.8) is 0 Å². The molecule has 1 fully saturated rings. The normalized spacial score (nSPS) is 24.6. The molecule has 1 aromatic rings. The van der Waals surface area contributed by atoms with Gasteiger partial charge in [0.2, 0.25) is 5.91 Å². The number of aromatic nitrogens is 1. The quantitative estimate of drug-likeness (QED) is 0.857. The molecule has 1 aromatic heterocycles. The number of carbonyl (C=O) groups excluding carboxylic acids is 1. The van der Waals surface area contributed by atoms with Gasteiger partial charge < -0.3 is 10.6 Å². The molecule has 0 bridgehead atoms. The van der Waals surface area contributed by atoms with E-state index in [1.807, 2.05) is 13.1 Å². The van der Waals surface area contributed by atoms with Crippen molar-refractivity contribution >= 4 is 17.2 Å². The summed E-state index contributed by atoms with van der Waals surface area (Å²) in [5.74, 6) is 0.537. The highest BCUT2D eigenvalue weighted by atomic mass is 32.1. The molecule has 1 aliphatic heterocycles. The Morgan fingerprint density at radius 1 is 1.71 bits per heavy atom. The summed E-state index contributed by atoms with van der Waals surface area (Å²) in [4.78, 5) is 17.3. The highest BCUT2D eigenvalue weighted by Gasteiger charge is 2.26. The number of nitrogens with one attached hydrogen (secondary N) is 2. The number of amides is 1. The molecule has 5 heteroatoms. The van der Waals surface area contributed by atoms with Gasteiger partial charge in [-0.3, -0.25) is 4.79 Å². The number of thiazole rings is 1. The maximum absolute atomic E-state index is 12.0. The number of hydrogen-bond donors (Lipinski definition) is 2. The summed E-state index contributed by atoms with van der Waals surface area (Å²) < 4.78 is 0.